The maximum Gasteiger partial charge on any atom is 0.261 e. The number of ether oxygens (including phenoxy) is 1. The zero-order valence-electron chi connectivity index (χ0n) is 18.0. The Morgan fingerprint density at radius 2 is 1.58 bits per heavy atom. The van der Waals surface area contributed by atoms with Gasteiger partial charge in [-0.3, -0.25) is 9.52 Å². The molecule has 0 saturated carbocycles. The molecular formula is C24H26N2O4S. The molecule has 162 valence electrons. The van der Waals surface area contributed by atoms with Gasteiger partial charge < -0.3 is 10.1 Å². The Hall–Kier alpha value is -3.32. The fourth-order valence-electron chi connectivity index (χ4n) is 3.10. The fourth-order valence-corrected chi connectivity index (χ4v) is 4.23. The van der Waals surface area contributed by atoms with Gasteiger partial charge >= 0.3 is 0 Å². The molecule has 7 heteroatoms. The summed E-state index contributed by atoms with van der Waals surface area (Å²) in [5.41, 5.74) is 3.70. The van der Waals surface area contributed by atoms with Crippen LogP contribution in [0, 0.1) is 13.8 Å². The Morgan fingerprint density at radius 3 is 2.16 bits per heavy atom. The van der Waals surface area contributed by atoms with Gasteiger partial charge in [-0.1, -0.05) is 29.8 Å². The predicted molar refractivity (Wildman–Crippen MR) is 122 cm³/mol. The summed E-state index contributed by atoms with van der Waals surface area (Å²) in [5, 5.41) is 2.97. The molecule has 0 bridgehead atoms. The first kappa shape index (κ1) is 22.4. The lowest BCUT2D eigenvalue weighted by Gasteiger charge is -2.16. The first-order valence-electron chi connectivity index (χ1n) is 9.84. The zero-order chi connectivity index (χ0) is 22.6. The molecule has 3 rings (SSSR count). The standard InChI is InChI=1S/C24H26N2O4S/c1-16-5-7-19(8-6-16)18(3)25-24(27)20-9-14-23(17(2)15-20)26-31(28,29)22-12-10-21(30-4)11-13-22/h5-15,18,26H,1-4H3,(H,25,27)/t18-/m1/s1. The zero-order valence-corrected chi connectivity index (χ0v) is 18.8. The third kappa shape index (κ3) is 5.44. The maximum atomic E-state index is 12.7. The van der Waals surface area contributed by atoms with E-state index >= 15 is 0 Å². The smallest absolute Gasteiger partial charge is 0.261 e. The molecule has 0 aliphatic heterocycles. The molecule has 0 radical (unpaired) electrons. The van der Waals surface area contributed by atoms with Crippen molar-refractivity contribution in [3.05, 3.63) is 89.0 Å². The van der Waals surface area contributed by atoms with Crippen LogP contribution in [0.25, 0.3) is 0 Å². The average Bonchev–Trinajstić information content (AvgIpc) is 2.75. The minimum atomic E-state index is -3.76. The number of benzene rings is 3. The number of carbonyl (C=O) groups excluding carboxylic acids is 1. The van der Waals surface area contributed by atoms with Crippen molar-refractivity contribution < 1.29 is 17.9 Å². The van der Waals surface area contributed by atoms with Crippen molar-refractivity contribution in [3.8, 4) is 5.75 Å². The van der Waals surface area contributed by atoms with Crippen molar-refractivity contribution in [2.75, 3.05) is 11.8 Å². The van der Waals surface area contributed by atoms with Crippen LogP contribution in [0.4, 0.5) is 5.69 Å². The van der Waals surface area contributed by atoms with E-state index in [2.05, 4.69) is 10.0 Å². The Balaban J connectivity index is 1.72. The first-order valence-corrected chi connectivity index (χ1v) is 11.3. The number of rotatable bonds is 7. The number of hydrogen-bond donors (Lipinski definition) is 2. The molecule has 1 amide bonds. The predicted octanol–water partition coefficient (Wildman–Crippen LogP) is 4.60. The van der Waals surface area contributed by atoms with Gasteiger partial charge in [-0.25, -0.2) is 8.42 Å². The van der Waals surface area contributed by atoms with E-state index in [-0.39, 0.29) is 16.8 Å². The van der Waals surface area contributed by atoms with Gasteiger partial charge in [-0.2, -0.15) is 0 Å². The second kappa shape index (κ2) is 9.22. The lowest BCUT2D eigenvalue weighted by atomic mass is 10.1. The van der Waals surface area contributed by atoms with Crippen LogP contribution in [-0.4, -0.2) is 21.4 Å². The van der Waals surface area contributed by atoms with E-state index in [0.29, 0.717) is 22.6 Å². The molecule has 0 heterocycles. The molecule has 0 fully saturated rings. The van der Waals surface area contributed by atoms with Crippen LogP contribution in [0.15, 0.2) is 71.6 Å². The van der Waals surface area contributed by atoms with Crippen LogP contribution in [0.3, 0.4) is 0 Å². The van der Waals surface area contributed by atoms with E-state index in [1.54, 1.807) is 37.3 Å². The highest BCUT2D eigenvalue weighted by Crippen LogP contribution is 2.23. The van der Waals surface area contributed by atoms with E-state index in [0.717, 1.165) is 11.1 Å². The molecule has 0 unspecified atom stereocenters. The second-order valence-corrected chi connectivity index (χ2v) is 9.10. The van der Waals surface area contributed by atoms with Crippen LogP contribution >= 0.6 is 0 Å². The van der Waals surface area contributed by atoms with Crippen LogP contribution in [0.1, 0.15) is 40.0 Å². The van der Waals surface area contributed by atoms with Crippen molar-refractivity contribution in [2.24, 2.45) is 0 Å². The molecule has 3 aromatic rings. The molecular weight excluding hydrogens is 412 g/mol. The summed E-state index contributed by atoms with van der Waals surface area (Å²) in [4.78, 5) is 12.8. The van der Waals surface area contributed by atoms with E-state index in [1.165, 1.54) is 19.2 Å². The molecule has 2 N–H and O–H groups in total. The van der Waals surface area contributed by atoms with Gasteiger partial charge in [0.25, 0.3) is 15.9 Å². The molecule has 31 heavy (non-hydrogen) atoms. The highest BCUT2D eigenvalue weighted by atomic mass is 32.2. The summed E-state index contributed by atoms with van der Waals surface area (Å²) in [6, 6.07) is 18.8. The van der Waals surface area contributed by atoms with Gasteiger partial charge in [0, 0.05) is 5.56 Å². The van der Waals surface area contributed by atoms with Gasteiger partial charge in [-0.05, 0) is 74.4 Å². The third-order valence-corrected chi connectivity index (χ3v) is 6.41. The molecule has 0 aliphatic carbocycles. The first-order chi connectivity index (χ1) is 14.7. The summed E-state index contributed by atoms with van der Waals surface area (Å²) in [6.45, 7) is 5.69. The Kier molecular flexibility index (Phi) is 6.65. The van der Waals surface area contributed by atoms with Gasteiger partial charge in [0.1, 0.15) is 5.75 Å². The molecule has 0 spiro atoms. The molecule has 0 aromatic heterocycles. The minimum Gasteiger partial charge on any atom is -0.497 e. The minimum absolute atomic E-state index is 0.126. The number of nitrogens with one attached hydrogen (secondary N) is 2. The van der Waals surface area contributed by atoms with Crippen LogP contribution < -0.4 is 14.8 Å². The monoisotopic (exact) mass is 438 g/mol. The number of hydrogen-bond acceptors (Lipinski definition) is 4. The van der Waals surface area contributed by atoms with Gasteiger partial charge in [0.05, 0.1) is 23.7 Å². The lowest BCUT2D eigenvalue weighted by molar-refractivity contribution is 0.0940. The molecule has 6 nitrogen and oxygen atoms in total. The van der Waals surface area contributed by atoms with Crippen molar-refractivity contribution in [2.45, 2.75) is 31.7 Å². The molecule has 0 aliphatic rings. The van der Waals surface area contributed by atoms with Crippen molar-refractivity contribution in [1.82, 2.24) is 5.32 Å². The van der Waals surface area contributed by atoms with Gasteiger partial charge in [-0.15, -0.1) is 0 Å². The number of aryl methyl sites for hydroxylation is 2. The lowest BCUT2D eigenvalue weighted by Crippen LogP contribution is -2.26. The van der Waals surface area contributed by atoms with Crippen LogP contribution in [0.2, 0.25) is 0 Å². The highest BCUT2D eigenvalue weighted by molar-refractivity contribution is 7.92. The largest absolute Gasteiger partial charge is 0.497 e. The number of sulfonamides is 1. The van der Waals surface area contributed by atoms with Gasteiger partial charge in [0.2, 0.25) is 0 Å². The van der Waals surface area contributed by atoms with Crippen molar-refractivity contribution in [1.29, 1.82) is 0 Å². The SMILES string of the molecule is COc1ccc(S(=O)(=O)Nc2ccc(C(=O)N[C@H](C)c3ccc(C)cc3)cc2C)cc1. The highest BCUT2D eigenvalue weighted by Gasteiger charge is 2.17. The van der Waals surface area contributed by atoms with E-state index < -0.39 is 10.0 Å². The van der Waals surface area contributed by atoms with Gasteiger partial charge in [0.15, 0.2) is 0 Å². The summed E-state index contributed by atoms with van der Waals surface area (Å²) < 4.78 is 33.0. The normalized spacial score (nSPS) is 12.1. The van der Waals surface area contributed by atoms with Crippen LogP contribution in [0.5, 0.6) is 5.75 Å². The summed E-state index contributed by atoms with van der Waals surface area (Å²) >= 11 is 0. The Morgan fingerprint density at radius 1 is 0.935 bits per heavy atom. The number of methoxy groups -OCH3 is 1. The van der Waals surface area contributed by atoms with Crippen molar-refractivity contribution >= 4 is 21.6 Å². The average molecular weight is 439 g/mol. The number of anilines is 1. The van der Waals surface area contributed by atoms with E-state index in [9.17, 15) is 13.2 Å². The topological polar surface area (TPSA) is 84.5 Å². The summed E-state index contributed by atoms with van der Waals surface area (Å²) in [5.74, 6) is 0.353. The third-order valence-electron chi connectivity index (χ3n) is 5.03. The summed E-state index contributed by atoms with van der Waals surface area (Å²) in [7, 11) is -2.24. The van der Waals surface area contributed by atoms with E-state index in [4.69, 9.17) is 4.74 Å². The van der Waals surface area contributed by atoms with E-state index in [1.807, 2.05) is 38.1 Å². The Labute approximate surface area is 183 Å². The fraction of sp³-hybridized carbons (Fsp3) is 0.208. The van der Waals surface area contributed by atoms with Crippen LogP contribution in [-0.2, 0) is 10.0 Å². The quantitative estimate of drug-likeness (QED) is 0.564. The Bertz CT molecular complexity index is 1170. The molecule has 0 saturated heterocycles. The van der Waals surface area contributed by atoms with Crippen molar-refractivity contribution in [3.63, 3.8) is 0 Å². The molecule has 3 aromatic carbocycles. The number of amides is 1. The molecule has 1 atom stereocenters. The summed E-state index contributed by atoms with van der Waals surface area (Å²) in [6.07, 6.45) is 0. The second-order valence-electron chi connectivity index (χ2n) is 7.42. The maximum absolute atomic E-state index is 12.7. The number of carbonyl (C=O) groups is 1.